The molecule has 2 N–H and O–H groups in total. The van der Waals surface area contributed by atoms with Gasteiger partial charge in [-0.15, -0.1) is 0 Å². The average Bonchev–Trinajstić information content (AvgIpc) is 1.99. The molecule has 0 heterocycles. The molecule has 3 nitrogen and oxygen atoms in total. The molecular weight excluding hydrogens is 176 g/mol. The van der Waals surface area contributed by atoms with Gasteiger partial charge in [0.15, 0.2) is 0 Å². The van der Waals surface area contributed by atoms with E-state index in [0.29, 0.717) is 12.0 Å². The lowest BCUT2D eigenvalue weighted by Crippen LogP contribution is -2.43. The number of hydrogen-bond acceptors (Lipinski definition) is 2. The van der Waals surface area contributed by atoms with E-state index in [9.17, 15) is 4.79 Å². The summed E-state index contributed by atoms with van der Waals surface area (Å²) in [4.78, 5) is 11.3. The first kappa shape index (κ1) is 11.5. The highest BCUT2D eigenvalue weighted by molar-refractivity contribution is 5.78. The second-order valence-electron chi connectivity index (χ2n) is 4.99. The maximum atomic E-state index is 11.3. The van der Waals surface area contributed by atoms with Crippen molar-refractivity contribution < 1.29 is 4.79 Å². The first-order valence-electron chi connectivity index (χ1n) is 5.52. The first-order chi connectivity index (χ1) is 6.52. The van der Waals surface area contributed by atoms with E-state index in [1.54, 1.807) is 0 Å². The predicted octanol–water partition coefficient (Wildman–Crippen LogP) is 1.29. The zero-order chi connectivity index (χ0) is 10.6. The van der Waals surface area contributed by atoms with Crippen molar-refractivity contribution >= 4 is 5.91 Å². The Balaban J connectivity index is 2.06. The van der Waals surface area contributed by atoms with Gasteiger partial charge in [0, 0.05) is 12.6 Å². The zero-order valence-electron chi connectivity index (χ0n) is 9.52. The van der Waals surface area contributed by atoms with E-state index < -0.39 is 0 Å². The standard InChI is InChI=1S/C11H22N2O/c1-9(2)13-10(14)7-12-8-11(3)5-4-6-11/h9,12H,4-8H2,1-3H3,(H,13,14). The van der Waals surface area contributed by atoms with Crippen LogP contribution in [0.2, 0.25) is 0 Å². The molecule has 0 bridgehead atoms. The van der Waals surface area contributed by atoms with Crippen LogP contribution in [0, 0.1) is 5.41 Å². The molecule has 1 rings (SSSR count). The second-order valence-corrected chi connectivity index (χ2v) is 4.99. The van der Waals surface area contributed by atoms with E-state index >= 15 is 0 Å². The average molecular weight is 198 g/mol. The van der Waals surface area contributed by atoms with Crippen molar-refractivity contribution in [3.63, 3.8) is 0 Å². The number of amides is 1. The maximum Gasteiger partial charge on any atom is 0.234 e. The fraction of sp³-hybridized carbons (Fsp3) is 0.909. The van der Waals surface area contributed by atoms with Crippen molar-refractivity contribution in [1.29, 1.82) is 0 Å². The van der Waals surface area contributed by atoms with Gasteiger partial charge in [-0.25, -0.2) is 0 Å². The van der Waals surface area contributed by atoms with Crippen LogP contribution < -0.4 is 10.6 Å². The Labute approximate surface area is 86.6 Å². The van der Waals surface area contributed by atoms with E-state index in [1.165, 1.54) is 19.3 Å². The van der Waals surface area contributed by atoms with Crippen LogP contribution in [0.25, 0.3) is 0 Å². The third kappa shape index (κ3) is 3.66. The topological polar surface area (TPSA) is 41.1 Å². The lowest BCUT2D eigenvalue weighted by Gasteiger charge is -2.38. The van der Waals surface area contributed by atoms with E-state index in [4.69, 9.17) is 0 Å². The Morgan fingerprint density at radius 1 is 1.43 bits per heavy atom. The second kappa shape index (κ2) is 4.78. The third-order valence-corrected chi connectivity index (χ3v) is 2.85. The first-order valence-corrected chi connectivity index (χ1v) is 5.52. The fourth-order valence-corrected chi connectivity index (χ4v) is 1.81. The van der Waals surface area contributed by atoms with Crippen LogP contribution in [0.1, 0.15) is 40.0 Å². The van der Waals surface area contributed by atoms with Crippen LogP contribution in [0.5, 0.6) is 0 Å². The number of rotatable bonds is 5. The number of carbonyl (C=O) groups is 1. The van der Waals surface area contributed by atoms with Gasteiger partial charge >= 0.3 is 0 Å². The Hall–Kier alpha value is -0.570. The molecular formula is C11H22N2O. The Morgan fingerprint density at radius 2 is 2.07 bits per heavy atom. The molecule has 1 saturated carbocycles. The van der Waals surface area contributed by atoms with Crippen molar-refractivity contribution in [2.24, 2.45) is 5.41 Å². The van der Waals surface area contributed by atoms with Crippen molar-refractivity contribution in [3.8, 4) is 0 Å². The van der Waals surface area contributed by atoms with Crippen molar-refractivity contribution in [3.05, 3.63) is 0 Å². The molecule has 0 atom stereocenters. The molecule has 1 aliphatic carbocycles. The summed E-state index contributed by atoms with van der Waals surface area (Å²) in [6.45, 7) is 7.66. The number of carbonyl (C=O) groups excluding carboxylic acids is 1. The fourth-order valence-electron chi connectivity index (χ4n) is 1.81. The minimum Gasteiger partial charge on any atom is -0.353 e. The molecule has 1 amide bonds. The summed E-state index contributed by atoms with van der Waals surface area (Å²) in [6, 6.07) is 0.239. The summed E-state index contributed by atoms with van der Waals surface area (Å²) >= 11 is 0. The summed E-state index contributed by atoms with van der Waals surface area (Å²) in [6.07, 6.45) is 3.94. The highest BCUT2D eigenvalue weighted by Crippen LogP contribution is 2.39. The Morgan fingerprint density at radius 3 is 2.50 bits per heavy atom. The molecule has 1 aliphatic rings. The molecule has 14 heavy (non-hydrogen) atoms. The molecule has 0 radical (unpaired) electrons. The summed E-state index contributed by atoms with van der Waals surface area (Å²) in [7, 11) is 0. The maximum absolute atomic E-state index is 11.3. The molecule has 0 saturated heterocycles. The molecule has 0 aromatic heterocycles. The van der Waals surface area contributed by atoms with Crippen LogP contribution in [0.15, 0.2) is 0 Å². The molecule has 3 heteroatoms. The van der Waals surface area contributed by atoms with Gasteiger partial charge in [-0.1, -0.05) is 13.3 Å². The highest BCUT2D eigenvalue weighted by Gasteiger charge is 2.31. The van der Waals surface area contributed by atoms with Crippen LogP contribution in [0.3, 0.4) is 0 Å². The largest absolute Gasteiger partial charge is 0.353 e. The van der Waals surface area contributed by atoms with Crippen molar-refractivity contribution in [2.75, 3.05) is 13.1 Å². The smallest absolute Gasteiger partial charge is 0.234 e. The molecule has 1 fully saturated rings. The minimum atomic E-state index is 0.0999. The van der Waals surface area contributed by atoms with E-state index in [-0.39, 0.29) is 11.9 Å². The molecule has 0 aromatic carbocycles. The van der Waals surface area contributed by atoms with E-state index in [0.717, 1.165) is 6.54 Å². The Kier molecular flexibility index (Phi) is 3.93. The van der Waals surface area contributed by atoms with E-state index in [1.807, 2.05) is 13.8 Å². The van der Waals surface area contributed by atoms with E-state index in [2.05, 4.69) is 17.6 Å². The predicted molar refractivity (Wildman–Crippen MR) is 58.1 cm³/mol. The monoisotopic (exact) mass is 198 g/mol. The summed E-state index contributed by atoms with van der Waals surface area (Å²) in [5.74, 6) is 0.0999. The van der Waals surface area contributed by atoms with Gasteiger partial charge in [0.2, 0.25) is 5.91 Å². The summed E-state index contributed by atoms with van der Waals surface area (Å²) < 4.78 is 0. The molecule has 0 unspecified atom stereocenters. The Bertz CT molecular complexity index is 197. The van der Waals surface area contributed by atoms with Gasteiger partial charge in [0.1, 0.15) is 0 Å². The van der Waals surface area contributed by atoms with Crippen LogP contribution in [-0.4, -0.2) is 25.0 Å². The summed E-state index contributed by atoms with van der Waals surface area (Å²) in [5.41, 5.74) is 0.456. The number of hydrogen-bond donors (Lipinski definition) is 2. The third-order valence-electron chi connectivity index (χ3n) is 2.85. The van der Waals surface area contributed by atoms with Gasteiger partial charge in [-0.05, 0) is 32.1 Å². The number of nitrogens with one attached hydrogen (secondary N) is 2. The lowest BCUT2D eigenvalue weighted by atomic mass is 9.70. The molecule has 0 spiro atoms. The van der Waals surface area contributed by atoms with Crippen molar-refractivity contribution in [2.45, 2.75) is 46.1 Å². The molecule has 82 valence electrons. The van der Waals surface area contributed by atoms with Crippen molar-refractivity contribution in [1.82, 2.24) is 10.6 Å². The zero-order valence-corrected chi connectivity index (χ0v) is 9.52. The minimum absolute atomic E-state index is 0.0999. The highest BCUT2D eigenvalue weighted by atomic mass is 16.1. The SMILES string of the molecule is CC(C)NC(=O)CNCC1(C)CCC1. The lowest BCUT2D eigenvalue weighted by molar-refractivity contribution is -0.120. The molecule has 0 aliphatic heterocycles. The van der Waals surface area contributed by atoms with Gasteiger partial charge in [0.25, 0.3) is 0 Å². The van der Waals surface area contributed by atoms with Gasteiger partial charge in [0.05, 0.1) is 6.54 Å². The van der Waals surface area contributed by atoms with Gasteiger partial charge in [-0.2, -0.15) is 0 Å². The quantitative estimate of drug-likeness (QED) is 0.699. The summed E-state index contributed by atoms with van der Waals surface area (Å²) in [5, 5.41) is 6.08. The van der Waals surface area contributed by atoms with Gasteiger partial charge in [-0.3, -0.25) is 4.79 Å². The van der Waals surface area contributed by atoms with Crippen LogP contribution in [0.4, 0.5) is 0 Å². The molecule has 0 aromatic rings. The van der Waals surface area contributed by atoms with Gasteiger partial charge < -0.3 is 10.6 Å². The normalized spacial score (nSPS) is 19.1. The van der Waals surface area contributed by atoms with Crippen LogP contribution in [-0.2, 0) is 4.79 Å². The van der Waals surface area contributed by atoms with Crippen LogP contribution >= 0.6 is 0 Å².